The Morgan fingerprint density at radius 1 is 0.763 bits per heavy atom. The number of rotatable bonds is 13. The van der Waals surface area contributed by atoms with Crippen LogP contribution in [-0.2, 0) is 9.59 Å². The van der Waals surface area contributed by atoms with E-state index in [0.717, 1.165) is 77.3 Å². The van der Waals surface area contributed by atoms with Gasteiger partial charge in [-0.15, -0.1) is 0 Å². The van der Waals surface area contributed by atoms with Crippen molar-refractivity contribution in [1.82, 2.24) is 20.4 Å². The second-order valence-electron chi connectivity index (χ2n) is 14.9. The predicted molar refractivity (Wildman–Crippen MR) is 160 cm³/mol. The molecule has 2 saturated heterocycles. The molecule has 2 aliphatic heterocycles. The van der Waals surface area contributed by atoms with Crippen LogP contribution in [0.1, 0.15) is 146 Å². The molecule has 0 radical (unpaired) electrons. The molecule has 0 aromatic carbocycles. The molecule has 2 rings (SSSR count). The Balaban J connectivity index is 1.88. The molecule has 2 fully saturated rings. The highest BCUT2D eigenvalue weighted by atomic mass is 16.2. The predicted octanol–water partition coefficient (Wildman–Crippen LogP) is 6.42. The first-order chi connectivity index (χ1) is 17.5. The van der Waals surface area contributed by atoms with Crippen molar-refractivity contribution in [1.29, 1.82) is 0 Å². The molecule has 0 aromatic rings. The second kappa shape index (κ2) is 13.5. The van der Waals surface area contributed by atoms with Crippen molar-refractivity contribution < 1.29 is 9.59 Å². The van der Waals surface area contributed by atoms with Crippen LogP contribution in [0.25, 0.3) is 0 Å². The molecule has 38 heavy (non-hydrogen) atoms. The van der Waals surface area contributed by atoms with Crippen molar-refractivity contribution in [3.05, 3.63) is 0 Å². The summed E-state index contributed by atoms with van der Waals surface area (Å²) < 4.78 is 0. The number of amides is 2. The van der Waals surface area contributed by atoms with Crippen molar-refractivity contribution in [3.63, 3.8) is 0 Å². The van der Waals surface area contributed by atoms with Gasteiger partial charge in [-0.2, -0.15) is 0 Å². The van der Waals surface area contributed by atoms with Gasteiger partial charge < -0.3 is 15.5 Å². The van der Waals surface area contributed by atoms with Gasteiger partial charge in [0.15, 0.2) is 0 Å². The highest BCUT2D eigenvalue weighted by Crippen LogP contribution is 2.45. The van der Waals surface area contributed by atoms with E-state index in [1.165, 1.54) is 0 Å². The molecule has 0 spiro atoms. The molecule has 0 unspecified atom stereocenters. The molecule has 222 valence electrons. The van der Waals surface area contributed by atoms with E-state index in [9.17, 15) is 9.59 Å². The first kappa shape index (κ1) is 33.1. The van der Waals surface area contributed by atoms with Crippen LogP contribution in [0.15, 0.2) is 0 Å². The van der Waals surface area contributed by atoms with E-state index in [0.29, 0.717) is 18.9 Å². The number of nitrogens with zero attached hydrogens (tertiary/aromatic N) is 2. The van der Waals surface area contributed by atoms with Gasteiger partial charge in [0.1, 0.15) is 0 Å². The van der Waals surface area contributed by atoms with E-state index in [-0.39, 0.29) is 40.0 Å². The number of hydrogen-bond donors (Lipinski definition) is 2. The van der Waals surface area contributed by atoms with Gasteiger partial charge in [-0.1, -0.05) is 26.7 Å². The lowest BCUT2D eigenvalue weighted by Gasteiger charge is -2.62. The smallest absolute Gasteiger partial charge is 0.222 e. The minimum absolute atomic E-state index is 0.000714. The number of carbonyl (C=O) groups is 2. The molecule has 6 heteroatoms. The third kappa shape index (κ3) is 9.80. The van der Waals surface area contributed by atoms with Crippen LogP contribution in [0.3, 0.4) is 0 Å². The van der Waals surface area contributed by atoms with Gasteiger partial charge in [0.05, 0.1) is 0 Å². The molecule has 2 aliphatic rings. The molecule has 0 atom stereocenters. The summed E-state index contributed by atoms with van der Waals surface area (Å²) in [6.07, 6.45) is 11.2. The summed E-state index contributed by atoms with van der Waals surface area (Å²) >= 11 is 0. The number of likely N-dealkylation sites (tertiary alicyclic amines) is 1. The summed E-state index contributed by atoms with van der Waals surface area (Å²) in [5.41, 5.74) is 0.212. The minimum Gasteiger partial charge on any atom is -0.353 e. The number of piperidine rings is 2. The molecule has 6 nitrogen and oxygen atoms in total. The van der Waals surface area contributed by atoms with Gasteiger partial charge in [-0.25, -0.2) is 0 Å². The SMILES string of the molecule is CCCCN(CCCC)C(=O)CCCCC(=O)NC1CC(C)(C)N(C2CC(C)(C)NC(C)(C)C2)C(C)(C)C1. The number of nitrogens with one attached hydrogen (secondary N) is 2. The Morgan fingerprint density at radius 2 is 1.24 bits per heavy atom. The lowest BCUT2D eigenvalue weighted by Crippen LogP contribution is -2.71. The highest BCUT2D eigenvalue weighted by Gasteiger charge is 2.51. The Kier molecular flexibility index (Phi) is 11.7. The fourth-order valence-corrected chi connectivity index (χ4v) is 7.91. The van der Waals surface area contributed by atoms with E-state index in [1.54, 1.807) is 0 Å². The number of carbonyl (C=O) groups excluding carboxylic acids is 2. The molecular formula is C32H62N4O2. The number of hydrogen-bond acceptors (Lipinski definition) is 4. The molecule has 2 heterocycles. The van der Waals surface area contributed by atoms with Crippen LogP contribution in [0, 0.1) is 0 Å². The zero-order chi connectivity index (χ0) is 28.8. The zero-order valence-corrected chi connectivity index (χ0v) is 26.8. The maximum atomic E-state index is 12.9. The third-order valence-corrected chi connectivity index (χ3v) is 8.66. The van der Waals surface area contributed by atoms with Crippen molar-refractivity contribution in [2.75, 3.05) is 13.1 Å². The lowest BCUT2D eigenvalue weighted by atomic mass is 9.71. The largest absolute Gasteiger partial charge is 0.353 e. The molecule has 2 N–H and O–H groups in total. The topological polar surface area (TPSA) is 64.7 Å². The summed E-state index contributed by atoms with van der Waals surface area (Å²) in [5.74, 6) is 0.396. The van der Waals surface area contributed by atoms with E-state index in [1.807, 2.05) is 4.90 Å². The van der Waals surface area contributed by atoms with Crippen LogP contribution >= 0.6 is 0 Å². The van der Waals surface area contributed by atoms with Crippen LogP contribution in [0.2, 0.25) is 0 Å². The first-order valence-corrected chi connectivity index (χ1v) is 15.7. The third-order valence-electron chi connectivity index (χ3n) is 8.66. The zero-order valence-electron chi connectivity index (χ0n) is 26.8. The average molecular weight is 535 g/mol. The summed E-state index contributed by atoms with van der Waals surface area (Å²) in [6, 6.07) is 0.696. The van der Waals surface area contributed by atoms with Gasteiger partial charge in [-0.05, 0) is 107 Å². The molecule has 0 bridgehead atoms. The fourth-order valence-electron chi connectivity index (χ4n) is 7.91. The molecule has 0 aliphatic carbocycles. The summed E-state index contributed by atoms with van der Waals surface area (Å²) in [5, 5.41) is 7.22. The van der Waals surface area contributed by atoms with E-state index < -0.39 is 0 Å². The van der Waals surface area contributed by atoms with Gasteiger partial charge in [0, 0.05) is 60.2 Å². The molecule has 2 amide bonds. The second-order valence-corrected chi connectivity index (χ2v) is 14.9. The van der Waals surface area contributed by atoms with E-state index in [2.05, 4.69) is 84.8 Å². The lowest BCUT2D eigenvalue weighted by molar-refractivity contribution is -0.132. The van der Waals surface area contributed by atoms with Crippen molar-refractivity contribution in [3.8, 4) is 0 Å². The highest BCUT2D eigenvalue weighted by molar-refractivity contribution is 5.77. The van der Waals surface area contributed by atoms with Crippen LogP contribution in [0.4, 0.5) is 0 Å². The molecule has 0 aromatic heterocycles. The summed E-state index contributed by atoms with van der Waals surface area (Å²) in [4.78, 5) is 30.5. The Hall–Kier alpha value is -1.14. The van der Waals surface area contributed by atoms with E-state index >= 15 is 0 Å². The van der Waals surface area contributed by atoms with Crippen molar-refractivity contribution in [2.24, 2.45) is 0 Å². The van der Waals surface area contributed by atoms with Gasteiger partial charge >= 0.3 is 0 Å². The summed E-state index contributed by atoms with van der Waals surface area (Å²) in [7, 11) is 0. The fraction of sp³-hybridized carbons (Fsp3) is 0.938. The van der Waals surface area contributed by atoms with Gasteiger partial charge in [0.2, 0.25) is 11.8 Å². The molecule has 0 saturated carbocycles. The maximum absolute atomic E-state index is 12.9. The maximum Gasteiger partial charge on any atom is 0.222 e. The Bertz CT molecular complexity index is 731. The van der Waals surface area contributed by atoms with Gasteiger partial charge in [-0.3, -0.25) is 14.5 Å². The van der Waals surface area contributed by atoms with Crippen molar-refractivity contribution in [2.45, 2.75) is 181 Å². The average Bonchev–Trinajstić information content (AvgIpc) is 2.72. The van der Waals surface area contributed by atoms with Crippen LogP contribution in [0.5, 0.6) is 0 Å². The van der Waals surface area contributed by atoms with Gasteiger partial charge in [0.25, 0.3) is 0 Å². The van der Waals surface area contributed by atoms with Crippen LogP contribution in [-0.4, -0.2) is 68.9 Å². The molecular weight excluding hydrogens is 472 g/mol. The van der Waals surface area contributed by atoms with Crippen LogP contribution < -0.4 is 10.6 Å². The Labute approximate surface area is 235 Å². The number of unbranched alkanes of at least 4 members (excludes halogenated alkanes) is 3. The quantitative estimate of drug-likeness (QED) is 0.268. The normalized spacial score (nSPS) is 23.2. The Morgan fingerprint density at radius 3 is 1.71 bits per heavy atom. The minimum atomic E-state index is 0.000714. The standard InChI is InChI=1S/C32H62N4O2/c1-11-13-19-35(20-14-12-2)28(38)18-16-15-17-27(37)33-25-21-31(7,8)36(32(9,10)22-25)26-23-29(3,4)34-30(5,6)24-26/h25-26,34H,11-24H2,1-10H3,(H,33,37). The monoisotopic (exact) mass is 534 g/mol. The first-order valence-electron chi connectivity index (χ1n) is 15.7. The van der Waals surface area contributed by atoms with E-state index in [4.69, 9.17) is 0 Å². The summed E-state index contributed by atoms with van der Waals surface area (Å²) in [6.45, 7) is 24.8. The van der Waals surface area contributed by atoms with Crippen molar-refractivity contribution >= 4 is 11.8 Å².